The van der Waals surface area contributed by atoms with E-state index in [0.717, 1.165) is 18.5 Å². The van der Waals surface area contributed by atoms with E-state index in [2.05, 4.69) is 10.2 Å². The number of amides is 1. The summed E-state index contributed by atoms with van der Waals surface area (Å²) in [7, 11) is 0. The Balaban J connectivity index is 2.65. The number of aldehydes is 1. The number of hydrogen-bond acceptors (Lipinski definition) is 4. The van der Waals surface area contributed by atoms with Crippen molar-refractivity contribution in [1.29, 1.82) is 0 Å². The van der Waals surface area contributed by atoms with E-state index in [9.17, 15) is 9.59 Å². The summed E-state index contributed by atoms with van der Waals surface area (Å²) >= 11 is 0. The molecule has 1 aromatic carbocycles. The molecule has 1 aromatic rings. The van der Waals surface area contributed by atoms with Crippen molar-refractivity contribution in [3.8, 4) is 0 Å². The van der Waals surface area contributed by atoms with Crippen molar-refractivity contribution < 1.29 is 14.3 Å². The fraction of sp³-hybridized carbons (Fsp3) is 0.500. The lowest BCUT2D eigenvalue weighted by atomic mass is 10.2. The van der Waals surface area contributed by atoms with Gasteiger partial charge < -0.3 is 15.0 Å². The van der Waals surface area contributed by atoms with E-state index < -0.39 is 0 Å². The summed E-state index contributed by atoms with van der Waals surface area (Å²) < 4.78 is 5.74. The highest BCUT2D eigenvalue weighted by Gasteiger charge is 2.12. The fourth-order valence-electron chi connectivity index (χ4n) is 1.85. The Hall–Kier alpha value is -1.88. The maximum atomic E-state index is 10.7. The Bertz CT molecular complexity index is 438. The first-order chi connectivity index (χ1) is 9.96. The van der Waals surface area contributed by atoms with Crippen LogP contribution in [0.2, 0.25) is 0 Å². The Kier molecular flexibility index (Phi) is 6.88. The lowest BCUT2D eigenvalue weighted by Crippen LogP contribution is -2.35. The van der Waals surface area contributed by atoms with Crippen LogP contribution >= 0.6 is 0 Å². The van der Waals surface area contributed by atoms with Gasteiger partial charge >= 0.3 is 0 Å². The summed E-state index contributed by atoms with van der Waals surface area (Å²) in [5, 5.41) is 2.66. The van der Waals surface area contributed by atoms with Gasteiger partial charge in [-0.05, 0) is 45.0 Å². The van der Waals surface area contributed by atoms with Gasteiger partial charge in [0, 0.05) is 30.9 Å². The van der Waals surface area contributed by atoms with Gasteiger partial charge in [0.05, 0.1) is 12.2 Å². The first-order valence-electron chi connectivity index (χ1n) is 7.07. The van der Waals surface area contributed by atoms with Crippen LogP contribution in [0.5, 0.6) is 0 Å². The third-order valence-corrected chi connectivity index (χ3v) is 2.90. The third kappa shape index (κ3) is 6.90. The molecule has 0 saturated heterocycles. The highest BCUT2D eigenvalue weighted by Crippen LogP contribution is 2.15. The number of rotatable bonds is 9. The van der Waals surface area contributed by atoms with Crippen molar-refractivity contribution in [3.63, 3.8) is 0 Å². The van der Waals surface area contributed by atoms with Crippen LogP contribution in [0.15, 0.2) is 24.3 Å². The van der Waals surface area contributed by atoms with Crippen molar-refractivity contribution in [2.75, 3.05) is 31.1 Å². The topological polar surface area (TPSA) is 58.6 Å². The van der Waals surface area contributed by atoms with E-state index >= 15 is 0 Å². The van der Waals surface area contributed by atoms with Crippen LogP contribution in [0.3, 0.4) is 0 Å². The van der Waals surface area contributed by atoms with Crippen molar-refractivity contribution in [2.45, 2.75) is 26.4 Å². The normalized spacial score (nSPS) is 11.0. The van der Waals surface area contributed by atoms with Gasteiger partial charge in [0.2, 0.25) is 6.41 Å². The van der Waals surface area contributed by atoms with E-state index in [1.165, 1.54) is 0 Å². The molecule has 5 heteroatoms. The van der Waals surface area contributed by atoms with Gasteiger partial charge in [-0.2, -0.15) is 0 Å². The van der Waals surface area contributed by atoms with Crippen LogP contribution in [0.25, 0.3) is 0 Å². The average Bonchev–Trinajstić information content (AvgIpc) is 2.45. The summed E-state index contributed by atoms with van der Waals surface area (Å²) in [5.74, 6) is 0. The Labute approximate surface area is 126 Å². The number of benzene rings is 1. The third-order valence-electron chi connectivity index (χ3n) is 2.90. The SMILES string of the molecule is CC(C)(C)OCCN(CCNC=O)c1ccc(C=O)cc1. The summed E-state index contributed by atoms with van der Waals surface area (Å²) in [5.41, 5.74) is 1.48. The predicted molar refractivity (Wildman–Crippen MR) is 83.8 cm³/mol. The van der Waals surface area contributed by atoms with Crippen molar-refractivity contribution >= 4 is 18.4 Å². The van der Waals surface area contributed by atoms with E-state index in [0.29, 0.717) is 31.7 Å². The molecule has 0 heterocycles. The standard InChI is InChI=1S/C16H24N2O3/c1-16(2,3)21-11-10-18(9-8-17-13-20)15-6-4-14(12-19)5-7-15/h4-7,12-13H,8-11H2,1-3H3,(H,17,20). The molecule has 0 unspecified atom stereocenters. The number of hydrogen-bond donors (Lipinski definition) is 1. The predicted octanol–water partition coefficient (Wildman–Crippen LogP) is 1.87. The number of nitrogens with zero attached hydrogens (tertiary/aromatic N) is 1. The molecule has 0 fully saturated rings. The van der Waals surface area contributed by atoms with Gasteiger partial charge in [0.15, 0.2) is 0 Å². The Morgan fingerprint density at radius 1 is 1.14 bits per heavy atom. The number of carbonyl (C=O) groups excluding carboxylic acids is 2. The molecule has 0 spiro atoms. The molecule has 0 aliphatic carbocycles. The van der Waals surface area contributed by atoms with Crippen molar-refractivity contribution in [1.82, 2.24) is 5.32 Å². The molecule has 1 N–H and O–H groups in total. The van der Waals surface area contributed by atoms with Crippen LogP contribution in [-0.4, -0.2) is 44.5 Å². The molecule has 0 aromatic heterocycles. The van der Waals surface area contributed by atoms with Gasteiger partial charge in [-0.1, -0.05) is 0 Å². The minimum Gasteiger partial charge on any atom is -0.374 e. The van der Waals surface area contributed by atoms with Crippen LogP contribution in [-0.2, 0) is 9.53 Å². The van der Waals surface area contributed by atoms with Gasteiger partial charge in [-0.25, -0.2) is 0 Å². The van der Waals surface area contributed by atoms with Crippen LogP contribution in [0.1, 0.15) is 31.1 Å². The van der Waals surface area contributed by atoms with Gasteiger partial charge in [0.1, 0.15) is 6.29 Å². The molecule has 1 amide bonds. The second-order valence-electron chi connectivity index (χ2n) is 5.73. The fourth-order valence-corrected chi connectivity index (χ4v) is 1.85. The number of anilines is 1. The zero-order valence-electron chi connectivity index (χ0n) is 13.0. The molecule has 0 radical (unpaired) electrons. The first kappa shape index (κ1) is 17.2. The lowest BCUT2D eigenvalue weighted by molar-refractivity contribution is -0.109. The molecule has 1 rings (SSSR count). The quantitative estimate of drug-likeness (QED) is 0.557. The average molecular weight is 292 g/mol. The Morgan fingerprint density at radius 2 is 1.81 bits per heavy atom. The largest absolute Gasteiger partial charge is 0.374 e. The van der Waals surface area contributed by atoms with Crippen LogP contribution < -0.4 is 10.2 Å². The smallest absolute Gasteiger partial charge is 0.207 e. The summed E-state index contributed by atoms with van der Waals surface area (Å²) in [6.07, 6.45) is 1.52. The highest BCUT2D eigenvalue weighted by molar-refractivity contribution is 5.75. The Morgan fingerprint density at radius 3 is 2.33 bits per heavy atom. The molecule has 0 aliphatic heterocycles. The second kappa shape index (κ2) is 8.42. The second-order valence-corrected chi connectivity index (χ2v) is 5.73. The summed E-state index contributed by atoms with van der Waals surface area (Å²) in [6, 6.07) is 7.38. The zero-order chi connectivity index (χ0) is 15.7. The molecule has 0 saturated carbocycles. The van der Waals surface area contributed by atoms with E-state index in [1.807, 2.05) is 32.9 Å². The summed E-state index contributed by atoms with van der Waals surface area (Å²) in [6.45, 7) is 8.62. The van der Waals surface area contributed by atoms with Crippen molar-refractivity contribution in [2.24, 2.45) is 0 Å². The molecule has 116 valence electrons. The molecule has 5 nitrogen and oxygen atoms in total. The van der Waals surface area contributed by atoms with Gasteiger partial charge in [-0.15, -0.1) is 0 Å². The molecular weight excluding hydrogens is 268 g/mol. The van der Waals surface area contributed by atoms with Gasteiger partial charge in [-0.3, -0.25) is 9.59 Å². The molecule has 0 atom stereocenters. The maximum absolute atomic E-state index is 10.7. The van der Waals surface area contributed by atoms with E-state index in [-0.39, 0.29) is 5.60 Å². The zero-order valence-corrected chi connectivity index (χ0v) is 13.0. The van der Waals surface area contributed by atoms with Gasteiger partial charge in [0.25, 0.3) is 0 Å². The lowest BCUT2D eigenvalue weighted by Gasteiger charge is -2.27. The minimum atomic E-state index is -0.173. The van der Waals surface area contributed by atoms with Crippen molar-refractivity contribution in [3.05, 3.63) is 29.8 Å². The van der Waals surface area contributed by atoms with E-state index in [1.54, 1.807) is 12.1 Å². The molecule has 0 bridgehead atoms. The van der Waals surface area contributed by atoms with Crippen LogP contribution in [0.4, 0.5) is 5.69 Å². The molecular formula is C16H24N2O3. The monoisotopic (exact) mass is 292 g/mol. The van der Waals surface area contributed by atoms with Crippen LogP contribution in [0, 0.1) is 0 Å². The summed E-state index contributed by atoms with van der Waals surface area (Å²) in [4.78, 5) is 23.2. The number of nitrogens with one attached hydrogen (secondary N) is 1. The minimum absolute atomic E-state index is 0.173. The maximum Gasteiger partial charge on any atom is 0.207 e. The molecule has 21 heavy (non-hydrogen) atoms. The molecule has 0 aliphatic rings. The number of carbonyl (C=O) groups is 2. The highest BCUT2D eigenvalue weighted by atomic mass is 16.5. The van der Waals surface area contributed by atoms with E-state index in [4.69, 9.17) is 4.74 Å². The first-order valence-corrected chi connectivity index (χ1v) is 7.07. The number of ether oxygens (including phenoxy) is 1.